The van der Waals surface area contributed by atoms with E-state index in [0.717, 1.165) is 18.5 Å². The normalized spacial score (nSPS) is 9.95. The van der Waals surface area contributed by atoms with Crippen LogP contribution in [0.2, 0.25) is 0 Å². The molecular formula is C14H11FN2O4. The molecule has 21 heavy (non-hydrogen) atoms. The highest BCUT2D eigenvalue weighted by molar-refractivity contribution is 5.95. The SMILES string of the molecule is O=C(COC(=O)c1cc[n+]([O-])cc1)Nc1cccc(F)c1. The largest absolute Gasteiger partial charge is 0.619 e. The maximum absolute atomic E-state index is 12.9. The Morgan fingerprint density at radius 3 is 2.62 bits per heavy atom. The van der Waals surface area contributed by atoms with Crippen molar-refractivity contribution < 1.29 is 23.4 Å². The van der Waals surface area contributed by atoms with Gasteiger partial charge in [0.25, 0.3) is 5.91 Å². The maximum atomic E-state index is 12.9. The number of aromatic nitrogens is 1. The molecular weight excluding hydrogens is 279 g/mol. The number of halogens is 1. The maximum Gasteiger partial charge on any atom is 0.339 e. The summed E-state index contributed by atoms with van der Waals surface area (Å²) < 4.78 is 18.2. The summed E-state index contributed by atoms with van der Waals surface area (Å²) in [6, 6.07) is 7.89. The number of carbonyl (C=O) groups is 2. The van der Waals surface area contributed by atoms with E-state index in [1.165, 1.54) is 30.3 Å². The highest BCUT2D eigenvalue weighted by Gasteiger charge is 2.11. The Bertz CT molecular complexity index is 658. The van der Waals surface area contributed by atoms with Crippen molar-refractivity contribution in [3.63, 3.8) is 0 Å². The topological polar surface area (TPSA) is 82.3 Å². The van der Waals surface area contributed by atoms with Crippen LogP contribution >= 0.6 is 0 Å². The molecule has 0 bridgehead atoms. The van der Waals surface area contributed by atoms with E-state index >= 15 is 0 Å². The van der Waals surface area contributed by atoms with Crippen molar-refractivity contribution in [2.45, 2.75) is 0 Å². The fourth-order valence-corrected chi connectivity index (χ4v) is 1.53. The highest BCUT2D eigenvalue weighted by atomic mass is 19.1. The first-order valence-corrected chi connectivity index (χ1v) is 5.96. The number of hydrogen-bond donors (Lipinski definition) is 1. The summed E-state index contributed by atoms with van der Waals surface area (Å²) in [5, 5.41) is 13.2. The van der Waals surface area contributed by atoms with Crippen LogP contribution in [0.1, 0.15) is 10.4 Å². The highest BCUT2D eigenvalue weighted by Crippen LogP contribution is 2.08. The van der Waals surface area contributed by atoms with Crippen molar-refractivity contribution in [3.05, 3.63) is 65.4 Å². The second-order valence-electron chi connectivity index (χ2n) is 4.08. The number of pyridine rings is 1. The lowest BCUT2D eigenvalue weighted by molar-refractivity contribution is -0.605. The molecule has 1 amide bonds. The summed E-state index contributed by atoms with van der Waals surface area (Å²) in [5.41, 5.74) is 0.420. The zero-order valence-corrected chi connectivity index (χ0v) is 10.8. The van der Waals surface area contributed by atoms with Crippen LogP contribution in [0.15, 0.2) is 48.8 Å². The van der Waals surface area contributed by atoms with Gasteiger partial charge in [-0.3, -0.25) is 4.79 Å². The summed E-state index contributed by atoms with van der Waals surface area (Å²) in [5.74, 6) is -1.81. The molecule has 0 fully saturated rings. The van der Waals surface area contributed by atoms with Crippen molar-refractivity contribution in [2.75, 3.05) is 11.9 Å². The van der Waals surface area contributed by atoms with Gasteiger partial charge in [0.05, 0.1) is 5.56 Å². The van der Waals surface area contributed by atoms with Gasteiger partial charge in [-0.25, -0.2) is 9.18 Å². The van der Waals surface area contributed by atoms with Crippen molar-refractivity contribution in [3.8, 4) is 0 Å². The number of nitrogens with one attached hydrogen (secondary N) is 1. The van der Waals surface area contributed by atoms with Crippen LogP contribution in [0, 0.1) is 11.0 Å². The van der Waals surface area contributed by atoms with E-state index in [2.05, 4.69) is 5.32 Å². The average molecular weight is 290 g/mol. The number of ether oxygens (including phenoxy) is 1. The van der Waals surface area contributed by atoms with Crippen LogP contribution in [0.3, 0.4) is 0 Å². The molecule has 1 N–H and O–H groups in total. The van der Waals surface area contributed by atoms with Gasteiger partial charge in [-0.15, -0.1) is 0 Å². The molecule has 0 spiro atoms. The number of esters is 1. The molecule has 0 unspecified atom stereocenters. The summed E-state index contributed by atoms with van der Waals surface area (Å²) >= 11 is 0. The number of carbonyl (C=O) groups excluding carboxylic acids is 2. The second kappa shape index (κ2) is 6.47. The number of anilines is 1. The molecule has 7 heteroatoms. The third kappa shape index (κ3) is 4.27. The van der Waals surface area contributed by atoms with Crippen molar-refractivity contribution in [1.82, 2.24) is 0 Å². The van der Waals surface area contributed by atoms with Crippen LogP contribution < -0.4 is 10.0 Å². The van der Waals surface area contributed by atoms with Crippen molar-refractivity contribution in [1.29, 1.82) is 0 Å². The Morgan fingerprint density at radius 1 is 1.24 bits per heavy atom. The lowest BCUT2D eigenvalue weighted by atomic mass is 10.3. The van der Waals surface area contributed by atoms with Crippen LogP contribution in [0.5, 0.6) is 0 Å². The summed E-state index contributed by atoms with van der Waals surface area (Å²) in [7, 11) is 0. The predicted molar refractivity (Wildman–Crippen MR) is 70.7 cm³/mol. The molecule has 6 nitrogen and oxygen atoms in total. The molecule has 2 rings (SSSR count). The zero-order valence-electron chi connectivity index (χ0n) is 10.8. The first kappa shape index (κ1) is 14.4. The average Bonchev–Trinajstić information content (AvgIpc) is 2.45. The van der Waals surface area contributed by atoms with Gasteiger partial charge in [-0.1, -0.05) is 6.07 Å². The van der Waals surface area contributed by atoms with Crippen molar-refractivity contribution >= 4 is 17.6 Å². The van der Waals surface area contributed by atoms with E-state index in [9.17, 15) is 19.2 Å². The van der Waals surface area contributed by atoms with Crippen LogP contribution in [0.25, 0.3) is 0 Å². The molecule has 0 saturated carbocycles. The minimum atomic E-state index is -0.731. The Morgan fingerprint density at radius 2 is 1.95 bits per heavy atom. The lowest BCUT2D eigenvalue weighted by Gasteiger charge is -2.06. The molecule has 0 atom stereocenters. The zero-order chi connectivity index (χ0) is 15.2. The Labute approximate surface area is 119 Å². The fourth-order valence-electron chi connectivity index (χ4n) is 1.53. The van der Waals surface area contributed by atoms with E-state index in [-0.39, 0.29) is 11.3 Å². The monoisotopic (exact) mass is 290 g/mol. The summed E-state index contributed by atoms with van der Waals surface area (Å²) in [6.45, 7) is -0.512. The minimum absolute atomic E-state index is 0.153. The summed E-state index contributed by atoms with van der Waals surface area (Å²) in [6.07, 6.45) is 2.28. The third-order valence-electron chi connectivity index (χ3n) is 2.48. The number of nitrogens with zero attached hydrogens (tertiary/aromatic N) is 1. The molecule has 0 saturated heterocycles. The minimum Gasteiger partial charge on any atom is -0.619 e. The van der Waals surface area contributed by atoms with Gasteiger partial charge in [0.15, 0.2) is 19.0 Å². The van der Waals surface area contributed by atoms with Crippen molar-refractivity contribution in [2.24, 2.45) is 0 Å². The molecule has 0 aliphatic carbocycles. The summed E-state index contributed by atoms with van der Waals surface area (Å²) in [4.78, 5) is 23.1. The Balaban J connectivity index is 1.86. The van der Waals surface area contributed by atoms with E-state index in [0.29, 0.717) is 4.73 Å². The number of benzene rings is 1. The molecule has 1 heterocycles. The van der Waals surface area contributed by atoms with Crippen LogP contribution in [-0.4, -0.2) is 18.5 Å². The molecule has 1 aromatic carbocycles. The molecule has 0 radical (unpaired) electrons. The first-order valence-electron chi connectivity index (χ1n) is 5.96. The third-order valence-corrected chi connectivity index (χ3v) is 2.48. The Kier molecular flexibility index (Phi) is 4.45. The van der Waals surface area contributed by atoms with E-state index in [1.54, 1.807) is 0 Å². The first-order chi connectivity index (χ1) is 10.0. The smallest absolute Gasteiger partial charge is 0.339 e. The molecule has 0 aliphatic heterocycles. The number of amides is 1. The van der Waals surface area contributed by atoms with Gasteiger partial charge < -0.3 is 15.3 Å². The van der Waals surface area contributed by atoms with Gasteiger partial charge in [0.1, 0.15) is 5.82 Å². The van der Waals surface area contributed by atoms with E-state index < -0.39 is 24.3 Å². The van der Waals surface area contributed by atoms with Gasteiger partial charge in [0, 0.05) is 17.8 Å². The van der Waals surface area contributed by atoms with Gasteiger partial charge in [-0.05, 0) is 18.2 Å². The van der Waals surface area contributed by atoms with Crippen LogP contribution in [0.4, 0.5) is 10.1 Å². The molecule has 2 aromatic rings. The van der Waals surface area contributed by atoms with Gasteiger partial charge in [0.2, 0.25) is 0 Å². The fraction of sp³-hybridized carbons (Fsp3) is 0.0714. The Hall–Kier alpha value is -2.96. The quantitative estimate of drug-likeness (QED) is 0.522. The molecule has 0 aliphatic rings. The van der Waals surface area contributed by atoms with E-state index in [4.69, 9.17) is 4.74 Å². The second-order valence-corrected chi connectivity index (χ2v) is 4.08. The van der Waals surface area contributed by atoms with Gasteiger partial charge in [-0.2, -0.15) is 4.73 Å². The molecule has 108 valence electrons. The van der Waals surface area contributed by atoms with Gasteiger partial charge >= 0.3 is 5.97 Å². The van der Waals surface area contributed by atoms with E-state index in [1.807, 2.05) is 0 Å². The van der Waals surface area contributed by atoms with Crippen LogP contribution in [-0.2, 0) is 9.53 Å². The standard InChI is InChI=1S/C14H11FN2O4/c15-11-2-1-3-12(8-11)16-13(18)9-21-14(19)10-4-6-17(20)7-5-10/h1-8H,9H2,(H,16,18). The lowest BCUT2D eigenvalue weighted by Crippen LogP contribution is -2.25. The number of hydrogen-bond acceptors (Lipinski definition) is 4. The number of rotatable bonds is 4. The predicted octanol–water partition coefficient (Wildman–Crippen LogP) is 1.25. The molecule has 1 aromatic heterocycles.